The third kappa shape index (κ3) is 2.93. The van der Waals surface area contributed by atoms with E-state index in [1.807, 2.05) is 0 Å². The smallest absolute Gasteiger partial charge is 0.254 e. The summed E-state index contributed by atoms with van der Waals surface area (Å²) < 4.78 is 145. The number of hydrogen-bond donors (Lipinski definition) is 0. The van der Waals surface area contributed by atoms with Crippen molar-refractivity contribution in [1.82, 2.24) is 0 Å². The van der Waals surface area contributed by atoms with Crippen LogP contribution < -0.4 is 0 Å². The molecule has 20 heavy (non-hydrogen) atoms. The van der Waals surface area contributed by atoms with Crippen LogP contribution in [0.5, 0.6) is 0 Å². The topological polar surface area (TPSA) is 26.3 Å². The summed E-state index contributed by atoms with van der Waals surface area (Å²) in [6.45, 7) is 0. The molecule has 0 unspecified atom stereocenters. The second-order valence-electron chi connectivity index (χ2n) is 3.06. The van der Waals surface area contributed by atoms with E-state index in [0.29, 0.717) is 0 Å². The molecule has 0 saturated heterocycles. The Hall–Kier alpha value is -1.21. The van der Waals surface area contributed by atoms with E-state index >= 15 is 0 Å². The van der Waals surface area contributed by atoms with E-state index in [0.717, 1.165) is 0 Å². The van der Waals surface area contributed by atoms with Crippen molar-refractivity contribution in [3.8, 4) is 0 Å². The van der Waals surface area contributed by atoms with E-state index in [1.54, 1.807) is 0 Å². The monoisotopic (exact) mass is 332 g/mol. The number of ether oxygens (including phenoxy) is 1. The zero-order valence-corrected chi connectivity index (χ0v) is 8.35. The zero-order chi connectivity index (χ0) is 16.8. The molecule has 0 fully saturated rings. The molecule has 0 aliphatic rings. The van der Waals surface area contributed by atoms with Gasteiger partial charge in [-0.2, -0.15) is 52.7 Å². The van der Waals surface area contributed by atoms with Gasteiger partial charge in [-0.3, -0.25) is 4.79 Å². The molecule has 0 aliphatic heterocycles. The van der Waals surface area contributed by atoms with E-state index in [9.17, 15) is 57.5 Å². The summed E-state index contributed by atoms with van der Waals surface area (Å²) in [7, 11) is 0. The number of hydrogen-bond acceptors (Lipinski definition) is 2. The first-order valence-electron chi connectivity index (χ1n) is 3.88. The van der Waals surface area contributed by atoms with Gasteiger partial charge in [-0.1, -0.05) is 0 Å². The second kappa shape index (κ2) is 4.66. The van der Waals surface area contributed by atoms with Crippen LogP contribution in [-0.4, -0.2) is 36.3 Å². The first kappa shape index (κ1) is 18.8. The van der Waals surface area contributed by atoms with Gasteiger partial charge in [0.15, 0.2) is 0 Å². The van der Waals surface area contributed by atoms with E-state index in [-0.39, 0.29) is 0 Å². The van der Waals surface area contributed by atoms with Crippen LogP contribution in [0.15, 0.2) is 0 Å². The molecule has 0 amide bonds. The molecule has 0 radical (unpaired) electrons. The number of alkyl halides is 11. The van der Waals surface area contributed by atoms with Crippen molar-refractivity contribution in [2.24, 2.45) is 0 Å². The molecule has 0 spiro atoms. The molecule has 0 rings (SSSR count). The fourth-order valence-electron chi connectivity index (χ4n) is 0.569. The van der Waals surface area contributed by atoms with Gasteiger partial charge in [-0.15, -0.1) is 0 Å². The second-order valence-corrected chi connectivity index (χ2v) is 3.06. The molecule has 0 heterocycles. The van der Waals surface area contributed by atoms with Gasteiger partial charge in [0, 0.05) is 0 Å². The Morgan fingerprint density at radius 3 is 1.30 bits per heavy atom. The molecular weight excluding hydrogens is 332 g/mol. The van der Waals surface area contributed by atoms with Gasteiger partial charge in [0.25, 0.3) is 0 Å². The summed E-state index contributed by atoms with van der Waals surface area (Å²) in [5, 5.41) is 0. The van der Waals surface area contributed by atoms with Crippen LogP contribution in [0.4, 0.5) is 52.7 Å². The molecular formula is C6F12O2. The summed E-state index contributed by atoms with van der Waals surface area (Å²) in [6.07, 6.45) is -21.3. The largest absolute Gasteiger partial charge is 0.462 e. The molecule has 0 aromatic rings. The van der Waals surface area contributed by atoms with E-state index in [2.05, 4.69) is 0 Å². The van der Waals surface area contributed by atoms with Gasteiger partial charge >= 0.3 is 36.3 Å². The molecule has 2 nitrogen and oxygen atoms in total. The summed E-state index contributed by atoms with van der Waals surface area (Å²) in [5.41, 5.74) is 0. The maximum atomic E-state index is 12.3. The van der Waals surface area contributed by atoms with Crippen molar-refractivity contribution in [3.05, 3.63) is 0 Å². The Kier molecular flexibility index (Phi) is 4.38. The standard InChI is InChI=1S/C6F12O2/c7-1(19)2(8,9)5(15,16)20-6(17,18)3(10,11)4(12,13)14. The zero-order valence-electron chi connectivity index (χ0n) is 8.35. The van der Waals surface area contributed by atoms with E-state index < -0.39 is 36.3 Å². The molecule has 0 bridgehead atoms. The minimum Gasteiger partial charge on any atom is -0.254 e. The van der Waals surface area contributed by atoms with Crippen molar-refractivity contribution < 1.29 is 62.2 Å². The molecule has 0 atom stereocenters. The number of carbonyl (C=O) groups excluding carboxylic acids is 1. The summed E-state index contributed by atoms with van der Waals surface area (Å²) in [4.78, 5) is 9.41. The van der Waals surface area contributed by atoms with Crippen molar-refractivity contribution in [3.63, 3.8) is 0 Å². The average Bonchev–Trinajstić information content (AvgIpc) is 2.12. The molecule has 120 valence electrons. The van der Waals surface area contributed by atoms with Crippen molar-refractivity contribution in [1.29, 1.82) is 0 Å². The highest BCUT2D eigenvalue weighted by atomic mass is 19.4. The van der Waals surface area contributed by atoms with E-state index in [4.69, 9.17) is 0 Å². The molecule has 0 aliphatic carbocycles. The SMILES string of the molecule is O=C(F)C(F)(F)C(F)(F)OC(F)(F)C(F)(F)C(F)(F)F. The summed E-state index contributed by atoms with van der Waals surface area (Å²) >= 11 is 0. The van der Waals surface area contributed by atoms with Gasteiger partial charge in [0.05, 0.1) is 0 Å². The molecule has 0 aromatic heterocycles. The van der Waals surface area contributed by atoms with Gasteiger partial charge in [0.1, 0.15) is 0 Å². The highest BCUT2D eigenvalue weighted by Gasteiger charge is 2.79. The lowest BCUT2D eigenvalue weighted by atomic mass is 10.3. The van der Waals surface area contributed by atoms with Crippen LogP contribution in [0.1, 0.15) is 0 Å². The predicted octanol–water partition coefficient (Wildman–Crippen LogP) is 3.52. The van der Waals surface area contributed by atoms with Gasteiger partial charge in [0.2, 0.25) is 0 Å². The number of halogens is 12. The maximum Gasteiger partial charge on any atom is 0.462 e. The maximum absolute atomic E-state index is 12.3. The third-order valence-corrected chi connectivity index (χ3v) is 1.59. The van der Waals surface area contributed by atoms with Crippen molar-refractivity contribution >= 4 is 6.04 Å². The Labute approximate surface area is 99.8 Å². The van der Waals surface area contributed by atoms with Crippen molar-refractivity contribution in [2.45, 2.75) is 30.2 Å². The fourth-order valence-corrected chi connectivity index (χ4v) is 0.569. The van der Waals surface area contributed by atoms with Gasteiger partial charge in [-0.25, -0.2) is 4.74 Å². The summed E-state index contributed by atoms with van der Waals surface area (Å²) in [5.74, 6) is -14.0. The van der Waals surface area contributed by atoms with Crippen LogP contribution in [0.2, 0.25) is 0 Å². The van der Waals surface area contributed by atoms with Crippen LogP contribution in [0.25, 0.3) is 0 Å². The lowest BCUT2D eigenvalue weighted by Crippen LogP contribution is -2.59. The highest BCUT2D eigenvalue weighted by Crippen LogP contribution is 2.51. The molecule has 0 N–H and O–H groups in total. The van der Waals surface area contributed by atoms with Gasteiger partial charge < -0.3 is 0 Å². The predicted molar refractivity (Wildman–Crippen MR) is 33.0 cm³/mol. The van der Waals surface area contributed by atoms with Crippen LogP contribution in [0, 0.1) is 0 Å². The van der Waals surface area contributed by atoms with Crippen LogP contribution in [0.3, 0.4) is 0 Å². The number of rotatable bonds is 5. The fraction of sp³-hybridized carbons (Fsp3) is 0.833. The van der Waals surface area contributed by atoms with Gasteiger partial charge in [-0.05, 0) is 0 Å². The summed E-state index contributed by atoms with van der Waals surface area (Å²) in [6, 6.07) is -4.28. The lowest BCUT2D eigenvalue weighted by Gasteiger charge is -2.31. The van der Waals surface area contributed by atoms with Crippen LogP contribution >= 0.6 is 0 Å². The average molecular weight is 332 g/mol. The molecule has 14 heteroatoms. The Balaban J connectivity index is 5.56. The molecule has 0 saturated carbocycles. The van der Waals surface area contributed by atoms with E-state index in [1.165, 1.54) is 4.74 Å². The Bertz CT molecular complexity index is 382. The third-order valence-electron chi connectivity index (χ3n) is 1.59. The lowest BCUT2D eigenvalue weighted by molar-refractivity contribution is -0.491. The molecule has 0 aromatic carbocycles. The minimum atomic E-state index is -7.31. The van der Waals surface area contributed by atoms with Crippen LogP contribution in [-0.2, 0) is 9.53 Å². The first-order valence-corrected chi connectivity index (χ1v) is 3.88. The number of carbonyl (C=O) groups is 1. The Morgan fingerprint density at radius 2 is 1.05 bits per heavy atom. The quantitative estimate of drug-likeness (QED) is 0.569. The first-order chi connectivity index (χ1) is 8.40. The van der Waals surface area contributed by atoms with Crippen molar-refractivity contribution in [2.75, 3.05) is 0 Å². The normalized spacial score (nSPS) is 15.4. The minimum absolute atomic E-state index is 1.40. The Morgan fingerprint density at radius 1 is 0.700 bits per heavy atom. The highest BCUT2D eigenvalue weighted by molar-refractivity contribution is 5.77.